The molecule has 2 aliphatic rings. The van der Waals surface area contributed by atoms with Crippen LogP contribution in [-0.4, -0.2) is 51.8 Å². The summed E-state index contributed by atoms with van der Waals surface area (Å²) in [6.07, 6.45) is 3.62. The van der Waals surface area contributed by atoms with Gasteiger partial charge in [0, 0.05) is 19.9 Å². The molecule has 29 heavy (non-hydrogen) atoms. The van der Waals surface area contributed by atoms with Gasteiger partial charge < -0.3 is 15.3 Å². The minimum Gasteiger partial charge on any atom is -0.368 e. The summed E-state index contributed by atoms with van der Waals surface area (Å²) in [5.41, 5.74) is 1.60. The first-order valence-corrected chi connectivity index (χ1v) is 10.3. The molecule has 1 unspecified atom stereocenters. The monoisotopic (exact) mass is 398 g/mol. The van der Waals surface area contributed by atoms with Crippen molar-refractivity contribution in [3.05, 3.63) is 47.5 Å². The van der Waals surface area contributed by atoms with Gasteiger partial charge in [-0.15, -0.1) is 6.58 Å². The van der Waals surface area contributed by atoms with Gasteiger partial charge in [-0.1, -0.05) is 35.4 Å². The van der Waals surface area contributed by atoms with E-state index in [1.807, 2.05) is 11.8 Å². The second-order valence-corrected chi connectivity index (χ2v) is 7.92. The van der Waals surface area contributed by atoms with Crippen molar-refractivity contribution in [3.63, 3.8) is 0 Å². The average Bonchev–Trinajstić information content (AvgIpc) is 2.81. The van der Waals surface area contributed by atoms with Gasteiger partial charge in [0.25, 0.3) is 0 Å². The zero-order chi connectivity index (χ0) is 21.7. The molecule has 0 radical (unpaired) electrons. The van der Waals surface area contributed by atoms with Crippen LogP contribution in [0.5, 0.6) is 0 Å². The average molecular weight is 399 g/mol. The maximum Gasteiger partial charge on any atom is 0.323 e. The predicted molar refractivity (Wildman–Crippen MR) is 115 cm³/mol. The van der Waals surface area contributed by atoms with Crippen molar-refractivity contribution in [1.82, 2.24) is 15.1 Å². The minimum atomic E-state index is -1.23. The number of amides is 2. The maximum absolute atomic E-state index is 13.3. The van der Waals surface area contributed by atoms with E-state index >= 15 is 0 Å². The van der Waals surface area contributed by atoms with Crippen LogP contribution in [0.1, 0.15) is 49.8 Å². The second-order valence-electron chi connectivity index (χ2n) is 7.92. The van der Waals surface area contributed by atoms with E-state index in [1.54, 1.807) is 17.0 Å². The van der Waals surface area contributed by atoms with Crippen LogP contribution in [0.25, 0.3) is 0 Å². The molecule has 1 spiro atoms. The van der Waals surface area contributed by atoms with E-state index in [4.69, 9.17) is 5.26 Å². The highest BCUT2D eigenvalue weighted by molar-refractivity contribution is 5.80. The highest BCUT2D eigenvalue weighted by atomic mass is 16.3. The lowest BCUT2D eigenvalue weighted by Crippen LogP contribution is -2.65. The third-order valence-corrected chi connectivity index (χ3v) is 5.97. The number of piperidine rings is 1. The number of benzene rings is 1. The number of rotatable bonds is 5. The fourth-order valence-electron chi connectivity index (χ4n) is 4.95. The maximum atomic E-state index is 13.3. The Balaban J connectivity index is 0.000000941. The van der Waals surface area contributed by atoms with Gasteiger partial charge in [-0.05, 0) is 52.3 Å². The molecule has 0 bridgehead atoms. The largest absolute Gasteiger partial charge is 0.368 e. The van der Waals surface area contributed by atoms with Gasteiger partial charge in [0.05, 0.1) is 18.2 Å². The SMILES string of the molecule is C=CCC1(O)N(Cc2cc(C)cc(C)c2)C(=O)N(CC)C12CCNCC2.CC#N. The molecule has 1 atom stereocenters. The van der Waals surface area contributed by atoms with Crippen LogP contribution in [0.2, 0.25) is 0 Å². The summed E-state index contributed by atoms with van der Waals surface area (Å²) in [6.45, 7) is 14.0. The van der Waals surface area contributed by atoms with Gasteiger partial charge in [-0.25, -0.2) is 4.79 Å². The van der Waals surface area contributed by atoms with Crippen molar-refractivity contribution in [2.45, 2.75) is 64.8 Å². The second kappa shape index (κ2) is 9.43. The summed E-state index contributed by atoms with van der Waals surface area (Å²) < 4.78 is 0. The molecule has 1 aromatic carbocycles. The van der Waals surface area contributed by atoms with E-state index in [0.29, 0.717) is 19.5 Å². The first kappa shape index (κ1) is 22.9. The van der Waals surface area contributed by atoms with E-state index in [2.05, 4.69) is 43.9 Å². The number of hydrogen-bond acceptors (Lipinski definition) is 4. The normalized spacial score (nSPS) is 22.8. The number of nitrogens with zero attached hydrogens (tertiary/aromatic N) is 3. The van der Waals surface area contributed by atoms with Gasteiger partial charge in [-0.2, -0.15) is 5.26 Å². The first-order chi connectivity index (χ1) is 13.8. The zero-order valence-electron chi connectivity index (χ0n) is 18.2. The van der Waals surface area contributed by atoms with E-state index in [0.717, 1.165) is 31.5 Å². The first-order valence-electron chi connectivity index (χ1n) is 10.3. The van der Waals surface area contributed by atoms with E-state index in [9.17, 15) is 9.90 Å². The Hall–Kier alpha value is -2.36. The summed E-state index contributed by atoms with van der Waals surface area (Å²) in [4.78, 5) is 16.9. The molecule has 0 aromatic heterocycles. The molecule has 0 aliphatic carbocycles. The third kappa shape index (κ3) is 4.17. The molecule has 2 N–H and O–H groups in total. The highest BCUT2D eigenvalue weighted by Crippen LogP contribution is 2.48. The fourth-order valence-corrected chi connectivity index (χ4v) is 4.95. The lowest BCUT2D eigenvalue weighted by molar-refractivity contribution is -0.142. The number of aliphatic hydroxyl groups is 1. The van der Waals surface area contributed by atoms with Crippen LogP contribution in [0, 0.1) is 25.2 Å². The Kier molecular flexibility index (Phi) is 7.45. The molecule has 158 valence electrons. The quantitative estimate of drug-likeness (QED) is 0.744. The van der Waals surface area contributed by atoms with Crippen LogP contribution in [-0.2, 0) is 6.54 Å². The van der Waals surface area contributed by atoms with Crippen LogP contribution in [0.3, 0.4) is 0 Å². The molecule has 6 heteroatoms. The van der Waals surface area contributed by atoms with Gasteiger partial charge in [-0.3, -0.25) is 4.90 Å². The van der Waals surface area contributed by atoms with Crippen molar-refractivity contribution in [2.24, 2.45) is 0 Å². The van der Waals surface area contributed by atoms with Crippen molar-refractivity contribution < 1.29 is 9.90 Å². The minimum absolute atomic E-state index is 0.0714. The molecule has 2 aliphatic heterocycles. The number of carbonyl (C=O) groups is 1. The number of urea groups is 1. The van der Waals surface area contributed by atoms with Gasteiger partial charge in [0.1, 0.15) is 0 Å². The van der Waals surface area contributed by atoms with Crippen molar-refractivity contribution in [2.75, 3.05) is 19.6 Å². The number of aryl methyl sites for hydroxylation is 2. The van der Waals surface area contributed by atoms with Gasteiger partial charge >= 0.3 is 6.03 Å². The number of hydrogen-bond donors (Lipinski definition) is 2. The van der Waals surface area contributed by atoms with Crippen LogP contribution in [0.4, 0.5) is 4.79 Å². The van der Waals surface area contributed by atoms with Gasteiger partial charge in [0.15, 0.2) is 5.72 Å². The number of likely N-dealkylation sites (N-methyl/N-ethyl adjacent to an activating group) is 1. The third-order valence-electron chi connectivity index (χ3n) is 5.97. The summed E-state index contributed by atoms with van der Waals surface area (Å²) in [7, 11) is 0. The summed E-state index contributed by atoms with van der Waals surface area (Å²) in [5, 5.41) is 22.5. The Bertz CT molecular complexity index is 759. The van der Waals surface area contributed by atoms with Gasteiger partial charge in [0.2, 0.25) is 0 Å². The number of nitrogens with one attached hydrogen (secondary N) is 1. The van der Waals surface area contributed by atoms with Crippen molar-refractivity contribution >= 4 is 6.03 Å². The molecular formula is C23H34N4O2. The lowest BCUT2D eigenvalue weighted by atomic mass is 9.76. The number of nitriles is 1. The smallest absolute Gasteiger partial charge is 0.323 e. The topological polar surface area (TPSA) is 79.6 Å². The fraction of sp³-hybridized carbons (Fsp3) is 0.565. The Morgan fingerprint density at radius 2 is 1.79 bits per heavy atom. The van der Waals surface area contributed by atoms with E-state index in [-0.39, 0.29) is 6.03 Å². The molecule has 2 heterocycles. The zero-order valence-corrected chi connectivity index (χ0v) is 18.2. The standard InChI is InChI=1S/C21H31N3O2.C2H3N/c1-5-7-21(26)20(8-10-22-11-9-20)23(6-2)19(25)24(21)15-18-13-16(3)12-17(4)14-18;1-2-3/h5,12-14,22,26H,1,6-11,15H2,2-4H3;1H3. The molecule has 2 fully saturated rings. The molecular weight excluding hydrogens is 364 g/mol. The summed E-state index contributed by atoms with van der Waals surface area (Å²) in [6, 6.07) is 7.99. The summed E-state index contributed by atoms with van der Waals surface area (Å²) in [5.74, 6) is 0. The lowest BCUT2D eigenvalue weighted by Gasteiger charge is -2.49. The van der Waals surface area contributed by atoms with Crippen LogP contribution in [0.15, 0.2) is 30.9 Å². The molecule has 1 aromatic rings. The van der Waals surface area contributed by atoms with Crippen LogP contribution >= 0.6 is 0 Å². The Labute approximate surface area is 174 Å². The molecule has 6 nitrogen and oxygen atoms in total. The molecule has 2 saturated heterocycles. The Morgan fingerprint density at radius 3 is 2.28 bits per heavy atom. The molecule has 0 saturated carbocycles. The molecule has 3 rings (SSSR count). The number of carbonyl (C=O) groups excluding carboxylic acids is 1. The highest BCUT2D eigenvalue weighted by Gasteiger charge is 2.65. The summed E-state index contributed by atoms with van der Waals surface area (Å²) >= 11 is 0. The predicted octanol–water partition coefficient (Wildman–Crippen LogP) is 3.48. The Morgan fingerprint density at radius 1 is 1.24 bits per heavy atom. The van der Waals surface area contributed by atoms with Crippen molar-refractivity contribution in [3.8, 4) is 6.07 Å². The van der Waals surface area contributed by atoms with E-state index in [1.165, 1.54) is 18.1 Å². The van der Waals surface area contributed by atoms with Crippen molar-refractivity contribution in [1.29, 1.82) is 5.26 Å². The van der Waals surface area contributed by atoms with Crippen LogP contribution < -0.4 is 5.32 Å². The van der Waals surface area contributed by atoms with E-state index < -0.39 is 11.3 Å². The molecule has 2 amide bonds.